The lowest BCUT2D eigenvalue weighted by Gasteiger charge is -2.09. The predicted octanol–water partition coefficient (Wildman–Crippen LogP) is 3.93. The second-order valence-corrected chi connectivity index (χ2v) is 4.97. The summed E-state index contributed by atoms with van der Waals surface area (Å²) in [5.41, 5.74) is 9.96. The fourth-order valence-corrected chi connectivity index (χ4v) is 1.96. The van der Waals surface area contributed by atoms with Crippen LogP contribution in [-0.4, -0.2) is 0 Å². The maximum absolute atomic E-state index is 5.93. The third-order valence-electron chi connectivity index (χ3n) is 2.34. The van der Waals surface area contributed by atoms with Gasteiger partial charge in [0.05, 0.1) is 11.4 Å². The number of aryl methyl sites for hydroxylation is 1. The van der Waals surface area contributed by atoms with Gasteiger partial charge in [-0.05, 0) is 59.8 Å². The van der Waals surface area contributed by atoms with Crippen molar-refractivity contribution in [2.75, 3.05) is 11.1 Å². The zero-order chi connectivity index (χ0) is 11.5. The monoisotopic (exact) mass is 324 g/mol. The molecular weight excluding hydrogens is 311 g/mol. The normalized spacial score (nSPS) is 10.1. The first-order valence-corrected chi connectivity index (χ1v) is 6.12. The van der Waals surface area contributed by atoms with Crippen molar-refractivity contribution >= 4 is 39.7 Å². The number of benzene rings is 2. The van der Waals surface area contributed by atoms with Gasteiger partial charge < -0.3 is 11.1 Å². The molecule has 16 heavy (non-hydrogen) atoms. The number of nitrogens with one attached hydrogen (secondary N) is 1. The molecule has 0 saturated heterocycles. The zero-order valence-corrected chi connectivity index (χ0v) is 11.2. The largest absolute Gasteiger partial charge is 0.397 e. The van der Waals surface area contributed by atoms with Crippen LogP contribution in [-0.2, 0) is 0 Å². The van der Waals surface area contributed by atoms with Crippen LogP contribution in [0.5, 0.6) is 0 Å². The Labute approximate surface area is 109 Å². The van der Waals surface area contributed by atoms with Gasteiger partial charge >= 0.3 is 0 Å². The molecular formula is C13H13IN2. The minimum Gasteiger partial charge on any atom is -0.397 e. The molecule has 0 aliphatic rings. The smallest absolute Gasteiger partial charge is 0.0618 e. The highest BCUT2D eigenvalue weighted by Crippen LogP contribution is 2.24. The van der Waals surface area contributed by atoms with Crippen LogP contribution in [0, 0.1) is 10.5 Å². The molecule has 0 unspecified atom stereocenters. The molecule has 2 rings (SSSR count). The Kier molecular flexibility index (Phi) is 3.33. The molecule has 0 amide bonds. The molecule has 0 aromatic heterocycles. The molecule has 2 aromatic carbocycles. The molecule has 82 valence electrons. The van der Waals surface area contributed by atoms with E-state index in [1.807, 2.05) is 30.3 Å². The first-order valence-electron chi connectivity index (χ1n) is 5.04. The minimum atomic E-state index is 0.771. The van der Waals surface area contributed by atoms with Gasteiger partial charge in [-0.3, -0.25) is 0 Å². The van der Waals surface area contributed by atoms with Crippen molar-refractivity contribution in [3.05, 3.63) is 51.6 Å². The van der Waals surface area contributed by atoms with Crippen LogP contribution in [0.3, 0.4) is 0 Å². The molecule has 3 N–H and O–H groups in total. The number of halogens is 1. The van der Waals surface area contributed by atoms with Crippen LogP contribution in [0.25, 0.3) is 0 Å². The third kappa shape index (κ3) is 2.66. The summed E-state index contributed by atoms with van der Waals surface area (Å²) in [5, 5.41) is 3.30. The summed E-state index contributed by atoms with van der Waals surface area (Å²) in [6, 6.07) is 14.2. The maximum atomic E-state index is 5.93. The molecule has 0 radical (unpaired) electrons. The molecule has 0 spiro atoms. The highest BCUT2D eigenvalue weighted by atomic mass is 127. The lowest BCUT2D eigenvalue weighted by molar-refractivity contribution is 1.45. The van der Waals surface area contributed by atoms with Crippen LogP contribution < -0.4 is 11.1 Å². The molecule has 0 atom stereocenters. The van der Waals surface area contributed by atoms with E-state index >= 15 is 0 Å². The topological polar surface area (TPSA) is 38.0 Å². The van der Waals surface area contributed by atoms with Gasteiger partial charge in [-0.2, -0.15) is 0 Å². The molecule has 0 fully saturated rings. The molecule has 3 heteroatoms. The Morgan fingerprint density at radius 2 is 1.75 bits per heavy atom. The Morgan fingerprint density at radius 1 is 1.06 bits per heavy atom. The SMILES string of the molecule is Cc1ccc(Nc2ccc(I)cc2N)cc1. The maximum Gasteiger partial charge on any atom is 0.0618 e. The van der Waals surface area contributed by atoms with Crippen LogP contribution in [0.4, 0.5) is 17.1 Å². The lowest BCUT2D eigenvalue weighted by atomic mass is 10.2. The van der Waals surface area contributed by atoms with Crippen molar-refractivity contribution in [2.24, 2.45) is 0 Å². The average Bonchev–Trinajstić information content (AvgIpc) is 2.25. The number of hydrogen-bond acceptors (Lipinski definition) is 2. The minimum absolute atomic E-state index is 0.771. The summed E-state index contributed by atoms with van der Waals surface area (Å²) in [5.74, 6) is 0. The van der Waals surface area contributed by atoms with Crippen molar-refractivity contribution in [3.63, 3.8) is 0 Å². The predicted molar refractivity (Wildman–Crippen MR) is 78.0 cm³/mol. The first kappa shape index (κ1) is 11.3. The highest BCUT2D eigenvalue weighted by molar-refractivity contribution is 14.1. The van der Waals surface area contributed by atoms with Gasteiger partial charge in [0, 0.05) is 9.26 Å². The van der Waals surface area contributed by atoms with Crippen molar-refractivity contribution in [1.29, 1.82) is 0 Å². The number of nitrogens with two attached hydrogens (primary N) is 1. The van der Waals surface area contributed by atoms with E-state index in [1.165, 1.54) is 5.56 Å². The van der Waals surface area contributed by atoms with E-state index in [0.29, 0.717) is 0 Å². The highest BCUT2D eigenvalue weighted by Gasteiger charge is 1.99. The summed E-state index contributed by atoms with van der Waals surface area (Å²) in [7, 11) is 0. The van der Waals surface area contributed by atoms with Crippen LogP contribution in [0.15, 0.2) is 42.5 Å². The van der Waals surface area contributed by atoms with E-state index in [4.69, 9.17) is 5.73 Å². The summed E-state index contributed by atoms with van der Waals surface area (Å²) in [6.07, 6.45) is 0. The van der Waals surface area contributed by atoms with E-state index in [2.05, 4.69) is 47.0 Å². The first-order chi connectivity index (χ1) is 7.65. The summed E-state index contributed by atoms with van der Waals surface area (Å²) in [6.45, 7) is 2.07. The molecule has 2 nitrogen and oxygen atoms in total. The van der Waals surface area contributed by atoms with Crippen LogP contribution >= 0.6 is 22.6 Å². The fraction of sp³-hybridized carbons (Fsp3) is 0.0769. The second kappa shape index (κ2) is 4.74. The molecule has 0 saturated carbocycles. The van der Waals surface area contributed by atoms with E-state index in [0.717, 1.165) is 20.6 Å². The molecule has 2 aromatic rings. The van der Waals surface area contributed by atoms with Crippen molar-refractivity contribution in [1.82, 2.24) is 0 Å². The third-order valence-corrected chi connectivity index (χ3v) is 3.02. The van der Waals surface area contributed by atoms with Gasteiger partial charge in [0.25, 0.3) is 0 Å². The van der Waals surface area contributed by atoms with E-state index in [9.17, 15) is 0 Å². The van der Waals surface area contributed by atoms with Crippen molar-refractivity contribution < 1.29 is 0 Å². The van der Waals surface area contributed by atoms with E-state index in [-0.39, 0.29) is 0 Å². The number of anilines is 3. The van der Waals surface area contributed by atoms with Crippen LogP contribution in [0.2, 0.25) is 0 Å². The summed E-state index contributed by atoms with van der Waals surface area (Å²) in [4.78, 5) is 0. The second-order valence-electron chi connectivity index (χ2n) is 3.72. The van der Waals surface area contributed by atoms with Gasteiger partial charge in [-0.1, -0.05) is 17.7 Å². The summed E-state index contributed by atoms with van der Waals surface area (Å²) < 4.78 is 1.14. The van der Waals surface area contributed by atoms with Gasteiger partial charge in [0.1, 0.15) is 0 Å². The number of nitrogen functional groups attached to an aromatic ring is 1. The molecule has 0 heterocycles. The standard InChI is InChI=1S/C13H13IN2/c1-9-2-5-11(6-3-9)16-13-7-4-10(14)8-12(13)15/h2-8,16H,15H2,1H3. The Bertz CT molecular complexity index is 492. The van der Waals surface area contributed by atoms with E-state index < -0.39 is 0 Å². The summed E-state index contributed by atoms with van der Waals surface area (Å²) >= 11 is 2.25. The quantitative estimate of drug-likeness (QED) is 0.649. The molecule has 0 bridgehead atoms. The average molecular weight is 324 g/mol. The van der Waals surface area contributed by atoms with Crippen molar-refractivity contribution in [3.8, 4) is 0 Å². The van der Waals surface area contributed by atoms with Crippen LogP contribution in [0.1, 0.15) is 5.56 Å². The van der Waals surface area contributed by atoms with Gasteiger partial charge in [0.15, 0.2) is 0 Å². The zero-order valence-electron chi connectivity index (χ0n) is 9.00. The van der Waals surface area contributed by atoms with Gasteiger partial charge in [0.2, 0.25) is 0 Å². The van der Waals surface area contributed by atoms with E-state index in [1.54, 1.807) is 0 Å². The fourth-order valence-electron chi connectivity index (χ4n) is 1.44. The Balaban J connectivity index is 2.23. The lowest BCUT2D eigenvalue weighted by Crippen LogP contribution is -1.96. The van der Waals surface area contributed by atoms with Crippen molar-refractivity contribution in [2.45, 2.75) is 6.92 Å². The number of rotatable bonds is 2. The Hall–Kier alpha value is -1.23. The number of hydrogen-bond donors (Lipinski definition) is 2. The Morgan fingerprint density at radius 3 is 2.38 bits per heavy atom. The van der Waals surface area contributed by atoms with Gasteiger partial charge in [-0.15, -0.1) is 0 Å². The molecule has 0 aliphatic heterocycles. The van der Waals surface area contributed by atoms with Gasteiger partial charge in [-0.25, -0.2) is 0 Å². The molecule has 0 aliphatic carbocycles.